The third-order valence-electron chi connectivity index (χ3n) is 3.93. The number of aryl methyl sites for hydroxylation is 2. The molecule has 1 amide bonds. The molecule has 1 aromatic carbocycles. The number of nitrogens with one attached hydrogen (secondary N) is 2. The van der Waals surface area contributed by atoms with Crippen molar-refractivity contribution in [2.24, 2.45) is 5.10 Å². The Hall–Kier alpha value is -3.35. The zero-order valence-electron chi connectivity index (χ0n) is 15.0. The Morgan fingerprint density at radius 3 is 2.69 bits per heavy atom. The standard InChI is InChI=1S/C19H21N5O2/c1-13-9-16(15(3)24(13)18-10-14(2)26-23-18)11-21-22-19(25)12-20-17-7-5-4-6-8-17/h4-11,20H,12H2,1-3H3,(H,22,25)/b21-11-. The predicted molar refractivity (Wildman–Crippen MR) is 101 cm³/mol. The maximum Gasteiger partial charge on any atom is 0.259 e. The van der Waals surface area contributed by atoms with E-state index in [4.69, 9.17) is 4.52 Å². The molecule has 0 aliphatic carbocycles. The third-order valence-corrected chi connectivity index (χ3v) is 3.93. The average Bonchev–Trinajstić information content (AvgIpc) is 3.17. The predicted octanol–water partition coefficient (Wildman–Crippen LogP) is 2.95. The molecule has 2 aromatic heterocycles. The lowest BCUT2D eigenvalue weighted by atomic mass is 10.3. The Labute approximate surface area is 151 Å². The van der Waals surface area contributed by atoms with Crippen LogP contribution in [-0.2, 0) is 4.79 Å². The van der Waals surface area contributed by atoms with E-state index in [1.165, 1.54) is 0 Å². The lowest BCUT2D eigenvalue weighted by Gasteiger charge is -2.05. The van der Waals surface area contributed by atoms with Crippen LogP contribution in [0.3, 0.4) is 0 Å². The summed E-state index contributed by atoms with van der Waals surface area (Å²) in [6.45, 7) is 5.96. The normalized spacial score (nSPS) is 11.0. The fourth-order valence-electron chi connectivity index (χ4n) is 2.68. The maximum absolute atomic E-state index is 11.9. The van der Waals surface area contributed by atoms with Crippen molar-refractivity contribution >= 4 is 17.8 Å². The summed E-state index contributed by atoms with van der Waals surface area (Å²) in [5, 5.41) is 11.1. The number of anilines is 1. The SMILES string of the molecule is Cc1cc(-n2c(C)cc(/C=N\NC(=O)CNc3ccccc3)c2C)no1. The van der Waals surface area contributed by atoms with Crippen LogP contribution in [0.1, 0.15) is 22.7 Å². The van der Waals surface area contributed by atoms with Crippen LogP contribution in [0.4, 0.5) is 5.69 Å². The average molecular weight is 351 g/mol. The van der Waals surface area contributed by atoms with Crippen molar-refractivity contribution in [3.63, 3.8) is 0 Å². The first-order chi connectivity index (χ1) is 12.5. The van der Waals surface area contributed by atoms with E-state index in [1.807, 2.05) is 67.8 Å². The van der Waals surface area contributed by atoms with Gasteiger partial charge in [-0.1, -0.05) is 23.4 Å². The highest BCUT2D eigenvalue weighted by Gasteiger charge is 2.12. The van der Waals surface area contributed by atoms with Gasteiger partial charge in [-0.3, -0.25) is 9.36 Å². The number of hydrogen-bond acceptors (Lipinski definition) is 5. The van der Waals surface area contributed by atoms with Gasteiger partial charge in [0.1, 0.15) is 5.76 Å². The van der Waals surface area contributed by atoms with Gasteiger partial charge in [0.15, 0.2) is 5.82 Å². The molecular weight excluding hydrogens is 330 g/mol. The van der Waals surface area contributed by atoms with E-state index in [0.29, 0.717) is 0 Å². The van der Waals surface area contributed by atoms with Gasteiger partial charge in [0.25, 0.3) is 5.91 Å². The molecule has 0 fully saturated rings. The van der Waals surface area contributed by atoms with Crippen molar-refractivity contribution in [2.75, 3.05) is 11.9 Å². The monoisotopic (exact) mass is 351 g/mol. The Morgan fingerprint density at radius 2 is 2.00 bits per heavy atom. The van der Waals surface area contributed by atoms with Gasteiger partial charge >= 0.3 is 0 Å². The maximum atomic E-state index is 11.9. The zero-order valence-corrected chi connectivity index (χ0v) is 15.0. The van der Waals surface area contributed by atoms with Crippen molar-refractivity contribution in [3.05, 3.63) is 65.2 Å². The molecule has 0 aliphatic rings. The van der Waals surface area contributed by atoms with Crippen LogP contribution in [0.2, 0.25) is 0 Å². The highest BCUT2D eigenvalue weighted by Crippen LogP contribution is 2.19. The van der Waals surface area contributed by atoms with Crippen LogP contribution in [0.25, 0.3) is 5.82 Å². The molecule has 0 saturated heterocycles. The molecule has 2 heterocycles. The number of nitrogens with zero attached hydrogens (tertiary/aromatic N) is 3. The number of benzene rings is 1. The molecule has 0 atom stereocenters. The van der Waals surface area contributed by atoms with Crippen LogP contribution in [0.5, 0.6) is 0 Å². The van der Waals surface area contributed by atoms with Gasteiger partial charge in [0, 0.05) is 28.7 Å². The van der Waals surface area contributed by atoms with Gasteiger partial charge in [-0.05, 0) is 39.0 Å². The zero-order chi connectivity index (χ0) is 18.5. The Morgan fingerprint density at radius 1 is 1.23 bits per heavy atom. The number of carbonyl (C=O) groups is 1. The van der Waals surface area contributed by atoms with Gasteiger partial charge in [0.2, 0.25) is 0 Å². The first kappa shape index (κ1) is 17.5. The van der Waals surface area contributed by atoms with Gasteiger partial charge in [-0.2, -0.15) is 5.10 Å². The van der Waals surface area contributed by atoms with E-state index < -0.39 is 0 Å². The molecule has 0 saturated carbocycles. The summed E-state index contributed by atoms with van der Waals surface area (Å²) in [7, 11) is 0. The number of rotatable bonds is 6. The second kappa shape index (κ2) is 7.69. The van der Waals surface area contributed by atoms with E-state index in [0.717, 1.165) is 34.2 Å². The minimum absolute atomic E-state index is 0.151. The fraction of sp³-hybridized carbons (Fsp3) is 0.211. The number of amides is 1. The molecule has 134 valence electrons. The lowest BCUT2D eigenvalue weighted by Crippen LogP contribution is -2.25. The quantitative estimate of drug-likeness (QED) is 0.528. The highest BCUT2D eigenvalue weighted by atomic mass is 16.5. The third kappa shape index (κ3) is 4.00. The van der Waals surface area contributed by atoms with Gasteiger partial charge in [-0.25, -0.2) is 5.43 Å². The van der Waals surface area contributed by atoms with Gasteiger partial charge in [-0.15, -0.1) is 0 Å². The molecule has 3 rings (SSSR count). The molecule has 0 aliphatic heterocycles. The number of carbonyl (C=O) groups excluding carboxylic acids is 1. The summed E-state index contributed by atoms with van der Waals surface area (Å²) in [5.41, 5.74) is 6.29. The largest absolute Gasteiger partial charge is 0.376 e. The van der Waals surface area contributed by atoms with E-state index in [9.17, 15) is 4.79 Å². The van der Waals surface area contributed by atoms with Gasteiger partial charge < -0.3 is 9.84 Å². The molecule has 0 spiro atoms. The topological polar surface area (TPSA) is 84.5 Å². The summed E-state index contributed by atoms with van der Waals surface area (Å²) in [5.74, 6) is 1.26. The molecule has 2 N–H and O–H groups in total. The number of para-hydroxylation sites is 1. The fourth-order valence-corrected chi connectivity index (χ4v) is 2.68. The van der Waals surface area contributed by atoms with Crippen molar-refractivity contribution < 1.29 is 9.32 Å². The van der Waals surface area contributed by atoms with Crippen molar-refractivity contribution in [1.29, 1.82) is 0 Å². The Kier molecular flexibility index (Phi) is 5.17. The first-order valence-corrected chi connectivity index (χ1v) is 8.28. The van der Waals surface area contributed by atoms with E-state index >= 15 is 0 Å². The minimum atomic E-state index is -0.217. The summed E-state index contributed by atoms with van der Waals surface area (Å²) in [6.07, 6.45) is 1.63. The molecular formula is C19H21N5O2. The molecule has 3 aromatic rings. The van der Waals surface area contributed by atoms with Crippen molar-refractivity contribution in [2.45, 2.75) is 20.8 Å². The van der Waals surface area contributed by atoms with E-state index in [1.54, 1.807) is 6.21 Å². The van der Waals surface area contributed by atoms with Crippen LogP contribution in [-0.4, -0.2) is 28.4 Å². The number of hydrazone groups is 1. The lowest BCUT2D eigenvalue weighted by molar-refractivity contribution is -0.119. The summed E-state index contributed by atoms with van der Waals surface area (Å²) < 4.78 is 7.13. The summed E-state index contributed by atoms with van der Waals surface area (Å²) in [6, 6.07) is 13.4. The van der Waals surface area contributed by atoms with Crippen LogP contribution >= 0.6 is 0 Å². The second-order valence-corrected chi connectivity index (χ2v) is 5.97. The van der Waals surface area contributed by atoms with Crippen molar-refractivity contribution in [1.82, 2.24) is 15.1 Å². The summed E-state index contributed by atoms with van der Waals surface area (Å²) in [4.78, 5) is 11.9. The number of aromatic nitrogens is 2. The van der Waals surface area contributed by atoms with E-state index in [2.05, 4.69) is 21.0 Å². The molecule has 0 unspecified atom stereocenters. The summed E-state index contributed by atoms with van der Waals surface area (Å²) >= 11 is 0. The second-order valence-electron chi connectivity index (χ2n) is 5.97. The molecule has 0 radical (unpaired) electrons. The van der Waals surface area contributed by atoms with Crippen molar-refractivity contribution in [3.8, 4) is 5.82 Å². The van der Waals surface area contributed by atoms with Crippen LogP contribution < -0.4 is 10.7 Å². The highest BCUT2D eigenvalue weighted by molar-refractivity contribution is 5.85. The molecule has 7 nitrogen and oxygen atoms in total. The van der Waals surface area contributed by atoms with Crippen LogP contribution in [0.15, 0.2) is 52.1 Å². The smallest absolute Gasteiger partial charge is 0.259 e. The molecule has 7 heteroatoms. The van der Waals surface area contributed by atoms with Crippen LogP contribution in [0, 0.1) is 20.8 Å². The Bertz CT molecular complexity index is 925. The minimum Gasteiger partial charge on any atom is -0.376 e. The first-order valence-electron chi connectivity index (χ1n) is 8.28. The number of hydrogen-bond donors (Lipinski definition) is 2. The van der Waals surface area contributed by atoms with Gasteiger partial charge in [0.05, 0.1) is 12.8 Å². The van der Waals surface area contributed by atoms with E-state index in [-0.39, 0.29) is 12.5 Å². The Balaban J connectivity index is 1.61. The molecule has 26 heavy (non-hydrogen) atoms. The molecule has 0 bridgehead atoms.